The predicted octanol–water partition coefficient (Wildman–Crippen LogP) is 0.347. The molecule has 0 aliphatic heterocycles. The number of rotatable bonds is 4. The van der Waals surface area contributed by atoms with Crippen LogP contribution >= 0.6 is 11.3 Å². The molecule has 0 saturated heterocycles. The molecule has 2 rings (SSSR count). The topological polar surface area (TPSA) is 104 Å². The van der Waals surface area contributed by atoms with Crippen LogP contribution in [-0.2, 0) is 0 Å². The lowest BCUT2D eigenvalue weighted by molar-refractivity contribution is 0.203. The van der Waals surface area contributed by atoms with Gasteiger partial charge >= 0.3 is 0 Å². The molecule has 0 aliphatic rings. The molecule has 0 aliphatic carbocycles. The van der Waals surface area contributed by atoms with Gasteiger partial charge < -0.3 is 21.3 Å². The van der Waals surface area contributed by atoms with Crippen LogP contribution in [0, 0.1) is 6.92 Å². The van der Waals surface area contributed by atoms with Gasteiger partial charge in [0.25, 0.3) is 0 Å². The van der Waals surface area contributed by atoms with E-state index in [2.05, 4.69) is 15.3 Å². The van der Waals surface area contributed by atoms with Crippen molar-refractivity contribution in [1.29, 1.82) is 0 Å². The van der Waals surface area contributed by atoms with Crippen LogP contribution in [0.25, 0.3) is 10.2 Å². The molecule has 0 radical (unpaired) electrons. The van der Waals surface area contributed by atoms with Gasteiger partial charge in [0.2, 0.25) is 5.95 Å². The summed E-state index contributed by atoms with van der Waals surface area (Å²) in [5.41, 5.74) is 5.61. The maximum absolute atomic E-state index is 9.04. The molecule has 7 heteroatoms. The van der Waals surface area contributed by atoms with Gasteiger partial charge in [-0.15, -0.1) is 11.3 Å². The van der Waals surface area contributed by atoms with E-state index in [-0.39, 0.29) is 19.2 Å². The van der Waals surface area contributed by atoms with E-state index in [0.717, 1.165) is 15.1 Å². The average molecular weight is 254 g/mol. The lowest BCUT2D eigenvalue weighted by Gasteiger charge is -2.14. The van der Waals surface area contributed by atoms with Crippen LogP contribution in [0.3, 0.4) is 0 Å². The molecule has 0 spiro atoms. The van der Waals surface area contributed by atoms with Gasteiger partial charge in [0.1, 0.15) is 10.6 Å². The molecule has 0 fully saturated rings. The highest BCUT2D eigenvalue weighted by Gasteiger charge is 2.12. The van der Waals surface area contributed by atoms with E-state index in [1.165, 1.54) is 11.3 Å². The Hall–Kier alpha value is -1.44. The van der Waals surface area contributed by atoms with Crippen molar-refractivity contribution >= 4 is 33.3 Å². The summed E-state index contributed by atoms with van der Waals surface area (Å²) >= 11 is 1.53. The highest BCUT2D eigenvalue weighted by molar-refractivity contribution is 7.18. The summed E-state index contributed by atoms with van der Waals surface area (Å²) in [7, 11) is 0. The van der Waals surface area contributed by atoms with Gasteiger partial charge in [-0.1, -0.05) is 0 Å². The largest absolute Gasteiger partial charge is 0.394 e. The SMILES string of the molecule is Cc1cc2c(NC(CO)CO)nc(N)nc2s1. The quantitative estimate of drug-likeness (QED) is 0.627. The summed E-state index contributed by atoms with van der Waals surface area (Å²) in [6, 6.07) is 1.50. The highest BCUT2D eigenvalue weighted by Crippen LogP contribution is 2.29. The maximum Gasteiger partial charge on any atom is 0.223 e. The molecule has 0 unspecified atom stereocenters. The Bertz CT molecular complexity index is 524. The number of nitrogen functional groups attached to an aromatic ring is 1. The Labute approximate surface area is 102 Å². The van der Waals surface area contributed by atoms with Crippen molar-refractivity contribution in [2.24, 2.45) is 0 Å². The van der Waals surface area contributed by atoms with Crippen molar-refractivity contribution in [2.45, 2.75) is 13.0 Å². The molecular weight excluding hydrogens is 240 g/mol. The van der Waals surface area contributed by atoms with Gasteiger partial charge in [0.15, 0.2) is 0 Å². The molecule has 2 heterocycles. The van der Waals surface area contributed by atoms with E-state index in [1.807, 2.05) is 13.0 Å². The third-order valence-corrected chi connectivity index (χ3v) is 3.26. The minimum atomic E-state index is -0.451. The number of aryl methyl sites for hydroxylation is 1. The molecule has 0 amide bonds. The number of aromatic nitrogens is 2. The van der Waals surface area contributed by atoms with E-state index >= 15 is 0 Å². The zero-order valence-corrected chi connectivity index (χ0v) is 10.2. The number of hydrogen-bond donors (Lipinski definition) is 4. The van der Waals surface area contributed by atoms with Crippen LogP contribution in [0.2, 0.25) is 0 Å². The van der Waals surface area contributed by atoms with E-state index in [4.69, 9.17) is 15.9 Å². The number of aliphatic hydroxyl groups is 2. The van der Waals surface area contributed by atoms with Gasteiger partial charge in [-0.05, 0) is 13.0 Å². The molecular formula is C10H14N4O2S. The van der Waals surface area contributed by atoms with Crippen LogP contribution < -0.4 is 11.1 Å². The highest BCUT2D eigenvalue weighted by atomic mass is 32.1. The molecule has 0 atom stereocenters. The second-order valence-corrected chi connectivity index (χ2v) is 4.95. The number of nitrogens with zero attached hydrogens (tertiary/aromatic N) is 2. The minimum Gasteiger partial charge on any atom is -0.394 e. The monoisotopic (exact) mass is 254 g/mol. The van der Waals surface area contributed by atoms with Crippen LogP contribution in [-0.4, -0.2) is 39.4 Å². The van der Waals surface area contributed by atoms with Gasteiger partial charge in [-0.25, -0.2) is 4.98 Å². The summed E-state index contributed by atoms with van der Waals surface area (Å²) in [5, 5.41) is 21.9. The lowest BCUT2D eigenvalue weighted by Crippen LogP contribution is -2.28. The molecule has 2 aromatic heterocycles. The van der Waals surface area contributed by atoms with Gasteiger partial charge in [0, 0.05) is 4.88 Å². The molecule has 0 bridgehead atoms. The summed E-state index contributed by atoms with van der Waals surface area (Å²) in [4.78, 5) is 10.1. The average Bonchev–Trinajstić information content (AvgIpc) is 2.66. The summed E-state index contributed by atoms with van der Waals surface area (Å²) in [6.45, 7) is 1.62. The van der Waals surface area contributed by atoms with E-state index in [9.17, 15) is 0 Å². The smallest absolute Gasteiger partial charge is 0.223 e. The Kier molecular flexibility index (Phi) is 3.41. The normalized spacial score (nSPS) is 11.3. The van der Waals surface area contributed by atoms with Crippen LogP contribution in [0.15, 0.2) is 6.07 Å². The fraction of sp³-hybridized carbons (Fsp3) is 0.400. The van der Waals surface area contributed by atoms with Crippen molar-refractivity contribution in [3.8, 4) is 0 Å². The second-order valence-electron chi connectivity index (χ2n) is 3.71. The van der Waals surface area contributed by atoms with Crippen molar-refractivity contribution in [2.75, 3.05) is 24.3 Å². The van der Waals surface area contributed by atoms with E-state index in [1.54, 1.807) is 0 Å². The van der Waals surface area contributed by atoms with Gasteiger partial charge in [0.05, 0.1) is 24.6 Å². The Morgan fingerprint density at radius 3 is 2.76 bits per heavy atom. The first kappa shape index (κ1) is 12.0. The molecule has 6 nitrogen and oxygen atoms in total. The van der Waals surface area contributed by atoms with Crippen molar-refractivity contribution in [3.05, 3.63) is 10.9 Å². The van der Waals surface area contributed by atoms with Crippen molar-refractivity contribution in [1.82, 2.24) is 9.97 Å². The minimum absolute atomic E-state index is 0.176. The number of fused-ring (bicyclic) bond motifs is 1. The fourth-order valence-corrected chi connectivity index (χ4v) is 2.40. The Morgan fingerprint density at radius 1 is 1.41 bits per heavy atom. The number of nitrogens with one attached hydrogen (secondary N) is 1. The first-order valence-electron chi connectivity index (χ1n) is 5.16. The first-order valence-corrected chi connectivity index (χ1v) is 5.97. The van der Waals surface area contributed by atoms with Crippen molar-refractivity contribution < 1.29 is 10.2 Å². The number of hydrogen-bond acceptors (Lipinski definition) is 7. The molecule has 0 saturated carbocycles. The molecule has 17 heavy (non-hydrogen) atoms. The zero-order valence-electron chi connectivity index (χ0n) is 9.34. The fourth-order valence-electron chi connectivity index (χ4n) is 1.51. The number of nitrogens with two attached hydrogens (primary N) is 1. The third kappa shape index (κ3) is 2.46. The van der Waals surface area contributed by atoms with Gasteiger partial charge in [-0.3, -0.25) is 0 Å². The van der Waals surface area contributed by atoms with Crippen LogP contribution in [0.4, 0.5) is 11.8 Å². The first-order chi connectivity index (χ1) is 8.13. The lowest BCUT2D eigenvalue weighted by atomic mass is 10.3. The third-order valence-electron chi connectivity index (χ3n) is 2.31. The standard InChI is InChI=1S/C10H14N4O2S/c1-5-2-7-8(12-6(3-15)4-16)13-10(11)14-9(7)17-5/h2,6,15-16H,3-4H2,1H3,(H3,11,12,13,14). The molecule has 0 aromatic carbocycles. The summed E-state index contributed by atoms with van der Waals surface area (Å²) in [5.74, 6) is 0.724. The summed E-state index contributed by atoms with van der Waals surface area (Å²) in [6.07, 6.45) is 0. The number of anilines is 2. The number of thiophene rings is 1. The molecule has 5 N–H and O–H groups in total. The number of aliphatic hydroxyl groups excluding tert-OH is 2. The van der Waals surface area contributed by atoms with E-state index < -0.39 is 6.04 Å². The maximum atomic E-state index is 9.04. The van der Waals surface area contributed by atoms with Crippen LogP contribution in [0.5, 0.6) is 0 Å². The van der Waals surface area contributed by atoms with Crippen LogP contribution in [0.1, 0.15) is 4.88 Å². The van der Waals surface area contributed by atoms with E-state index in [0.29, 0.717) is 5.82 Å². The molecule has 2 aromatic rings. The predicted molar refractivity (Wildman–Crippen MR) is 68.1 cm³/mol. The summed E-state index contributed by atoms with van der Waals surface area (Å²) < 4.78 is 0. The van der Waals surface area contributed by atoms with Gasteiger partial charge in [-0.2, -0.15) is 4.98 Å². The molecule has 92 valence electrons. The zero-order chi connectivity index (χ0) is 12.4. The Balaban J connectivity index is 2.44. The second kappa shape index (κ2) is 4.82. The Morgan fingerprint density at radius 2 is 2.12 bits per heavy atom. The van der Waals surface area contributed by atoms with Crippen molar-refractivity contribution in [3.63, 3.8) is 0 Å².